The zero-order valence-corrected chi connectivity index (χ0v) is 20.1. The number of halogens is 1. The molecule has 0 bridgehead atoms. The molecule has 0 aliphatic carbocycles. The number of fused-ring (bicyclic) bond motifs is 1. The first-order valence-corrected chi connectivity index (χ1v) is 11.4. The summed E-state index contributed by atoms with van der Waals surface area (Å²) in [6.07, 6.45) is 3.40. The van der Waals surface area contributed by atoms with E-state index in [4.69, 9.17) is 9.84 Å². The minimum atomic E-state index is -0.484. The molecule has 2 aromatic heterocycles. The summed E-state index contributed by atoms with van der Waals surface area (Å²) >= 11 is 3.49. The number of carbonyl (C=O) groups is 1. The van der Waals surface area contributed by atoms with Gasteiger partial charge in [0.15, 0.2) is 5.82 Å². The van der Waals surface area contributed by atoms with Crippen LogP contribution in [0.25, 0.3) is 11.4 Å². The van der Waals surface area contributed by atoms with Gasteiger partial charge in [0.1, 0.15) is 11.8 Å². The first kappa shape index (κ1) is 21.8. The van der Waals surface area contributed by atoms with E-state index in [1.807, 2.05) is 55.5 Å². The number of nitrogens with one attached hydrogen (secondary N) is 2. The molecule has 1 atom stereocenters. The number of hydrogen-bond acceptors (Lipinski definition) is 6. The minimum absolute atomic E-state index is 0.256. The number of hydrogen-bond donors (Lipinski definition) is 2. The molecule has 5 rings (SSSR count). The fraction of sp³-hybridized carbons (Fsp3) is 0.120. The number of nitrogens with zero attached hydrogens (tertiary/aromatic N) is 4. The molecule has 34 heavy (non-hydrogen) atoms. The zero-order chi connectivity index (χ0) is 23.7. The van der Waals surface area contributed by atoms with Crippen molar-refractivity contribution in [1.82, 2.24) is 19.7 Å². The Bertz CT molecular complexity index is 1380. The predicted molar refractivity (Wildman–Crippen MR) is 133 cm³/mol. The van der Waals surface area contributed by atoms with Gasteiger partial charge >= 0.3 is 0 Å². The van der Waals surface area contributed by atoms with Crippen LogP contribution in [-0.4, -0.2) is 32.8 Å². The Morgan fingerprint density at radius 3 is 2.56 bits per heavy atom. The quantitative estimate of drug-likeness (QED) is 0.386. The molecule has 1 amide bonds. The normalized spacial score (nSPS) is 14.9. The van der Waals surface area contributed by atoms with Gasteiger partial charge in [-0.1, -0.05) is 40.2 Å². The van der Waals surface area contributed by atoms with Crippen LogP contribution in [0.1, 0.15) is 18.5 Å². The van der Waals surface area contributed by atoms with Gasteiger partial charge in [0.2, 0.25) is 5.95 Å². The van der Waals surface area contributed by atoms with Crippen LogP contribution in [0.5, 0.6) is 5.75 Å². The number of para-hydroxylation sites is 2. The van der Waals surface area contributed by atoms with E-state index in [-0.39, 0.29) is 5.91 Å². The van der Waals surface area contributed by atoms with Crippen LogP contribution in [0.4, 0.5) is 11.6 Å². The Morgan fingerprint density at radius 1 is 1.09 bits per heavy atom. The number of methoxy groups -OCH3 is 1. The summed E-state index contributed by atoms with van der Waals surface area (Å²) in [6.45, 7) is 1.87. The van der Waals surface area contributed by atoms with Gasteiger partial charge in [-0.05, 0) is 48.9 Å². The van der Waals surface area contributed by atoms with Crippen LogP contribution in [0, 0.1) is 0 Å². The highest BCUT2D eigenvalue weighted by Gasteiger charge is 2.34. The van der Waals surface area contributed by atoms with E-state index in [2.05, 4.69) is 36.5 Å². The van der Waals surface area contributed by atoms with Crippen molar-refractivity contribution >= 4 is 33.5 Å². The van der Waals surface area contributed by atoms with Gasteiger partial charge in [0.25, 0.3) is 5.91 Å². The van der Waals surface area contributed by atoms with Crippen LogP contribution in [0.2, 0.25) is 0 Å². The molecule has 0 radical (unpaired) electrons. The molecule has 1 aliphatic rings. The summed E-state index contributed by atoms with van der Waals surface area (Å²) in [5.41, 5.74) is 3.56. The van der Waals surface area contributed by atoms with E-state index in [0.29, 0.717) is 34.5 Å². The standard InChI is InChI=1S/C25H21BrN6O2/c1-15-21(24(33)29-19-5-3-4-6-20(19)34-2)22(16-7-9-18(26)10-8-16)32-25(28-15)30-23(31-32)17-11-13-27-14-12-17/h3-14,22H,1-2H3,(H,29,33)(H,28,30,31). The number of amides is 1. The summed E-state index contributed by atoms with van der Waals surface area (Å²) in [5, 5.41) is 11.0. The third kappa shape index (κ3) is 4.06. The molecule has 4 aromatic rings. The highest BCUT2D eigenvalue weighted by atomic mass is 79.9. The lowest BCUT2D eigenvalue weighted by Crippen LogP contribution is -2.31. The minimum Gasteiger partial charge on any atom is -0.495 e. The molecule has 1 aliphatic heterocycles. The number of aromatic nitrogens is 4. The van der Waals surface area contributed by atoms with Crippen LogP contribution in [0.15, 0.2) is 88.8 Å². The summed E-state index contributed by atoms with van der Waals surface area (Å²) in [5.74, 6) is 1.44. The van der Waals surface area contributed by atoms with Crippen molar-refractivity contribution in [2.45, 2.75) is 13.0 Å². The third-order valence-electron chi connectivity index (χ3n) is 5.58. The molecule has 3 heterocycles. The monoisotopic (exact) mass is 516 g/mol. The Kier molecular flexibility index (Phi) is 5.85. The molecule has 170 valence electrons. The van der Waals surface area contributed by atoms with E-state index in [1.165, 1.54) is 0 Å². The number of anilines is 2. The molecule has 0 saturated carbocycles. The zero-order valence-electron chi connectivity index (χ0n) is 18.5. The highest BCUT2D eigenvalue weighted by molar-refractivity contribution is 9.10. The fourth-order valence-electron chi connectivity index (χ4n) is 3.96. The summed E-state index contributed by atoms with van der Waals surface area (Å²) in [4.78, 5) is 22.4. The van der Waals surface area contributed by atoms with Crippen molar-refractivity contribution in [1.29, 1.82) is 0 Å². The van der Waals surface area contributed by atoms with E-state index in [1.54, 1.807) is 36.3 Å². The molecule has 0 saturated heterocycles. The second-order valence-corrected chi connectivity index (χ2v) is 8.63. The average Bonchev–Trinajstić information content (AvgIpc) is 3.28. The first-order chi connectivity index (χ1) is 16.5. The summed E-state index contributed by atoms with van der Waals surface area (Å²) in [6, 6.07) is 18.4. The Morgan fingerprint density at radius 2 is 1.82 bits per heavy atom. The number of rotatable bonds is 5. The van der Waals surface area contributed by atoms with Gasteiger partial charge in [-0.25, -0.2) is 4.68 Å². The SMILES string of the molecule is COc1ccccc1NC(=O)C1=C(C)Nc2nc(-c3ccncc3)nn2C1c1ccc(Br)cc1. The lowest BCUT2D eigenvalue weighted by molar-refractivity contribution is -0.113. The van der Waals surface area contributed by atoms with Crippen molar-refractivity contribution in [2.24, 2.45) is 0 Å². The highest BCUT2D eigenvalue weighted by Crippen LogP contribution is 2.37. The molecule has 2 aromatic carbocycles. The number of carbonyl (C=O) groups excluding carboxylic acids is 1. The van der Waals surface area contributed by atoms with Crippen LogP contribution < -0.4 is 15.4 Å². The number of allylic oxidation sites excluding steroid dienone is 1. The maximum Gasteiger partial charge on any atom is 0.255 e. The number of ether oxygens (including phenoxy) is 1. The van der Waals surface area contributed by atoms with Crippen molar-refractivity contribution in [3.05, 3.63) is 94.4 Å². The maximum absolute atomic E-state index is 13.6. The maximum atomic E-state index is 13.6. The Hall–Kier alpha value is -3.98. The van der Waals surface area contributed by atoms with E-state index in [9.17, 15) is 4.79 Å². The molecular weight excluding hydrogens is 496 g/mol. The summed E-state index contributed by atoms with van der Waals surface area (Å²) in [7, 11) is 1.57. The van der Waals surface area contributed by atoms with Gasteiger partial charge < -0.3 is 15.4 Å². The topological polar surface area (TPSA) is 94.0 Å². The van der Waals surface area contributed by atoms with Gasteiger partial charge in [-0.15, -0.1) is 5.10 Å². The van der Waals surface area contributed by atoms with Crippen molar-refractivity contribution < 1.29 is 9.53 Å². The second kappa shape index (κ2) is 9.11. The fourth-order valence-corrected chi connectivity index (χ4v) is 4.22. The number of pyridine rings is 1. The lowest BCUT2D eigenvalue weighted by Gasteiger charge is -2.29. The van der Waals surface area contributed by atoms with E-state index < -0.39 is 6.04 Å². The van der Waals surface area contributed by atoms with Crippen molar-refractivity contribution in [2.75, 3.05) is 17.7 Å². The van der Waals surface area contributed by atoms with Gasteiger partial charge in [-0.3, -0.25) is 9.78 Å². The molecule has 9 heteroatoms. The van der Waals surface area contributed by atoms with Crippen LogP contribution >= 0.6 is 15.9 Å². The average molecular weight is 517 g/mol. The first-order valence-electron chi connectivity index (χ1n) is 10.6. The van der Waals surface area contributed by atoms with Crippen molar-refractivity contribution in [3.8, 4) is 17.1 Å². The third-order valence-corrected chi connectivity index (χ3v) is 6.11. The van der Waals surface area contributed by atoms with Gasteiger partial charge in [0, 0.05) is 28.1 Å². The largest absolute Gasteiger partial charge is 0.495 e. The van der Waals surface area contributed by atoms with Gasteiger partial charge in [0.05, 0.1) is 18.4 Å². The Balaban J connectivity index is 1.60. The van der Waals surface area contributed by atoms with Crippen LogP contribution in [0.3, 0.4) is 0 Å². The predicted octanol–water partition coefficient (Wildman–Crippen LogP) is 5.04. The molecule has 0 spiro atoms. The second-order valence-electron chi connectivity index (χ2n) is 7.71. The van der Waals surface area contributed by atoms with E-state index >= 15 is 0 Å². The molecule has 8 nitrogen and oxygen atoms in total. The van der Waals surface area contributed by atoms with Gasteiger partial charge in [-0.2, -0.15) is 4.98 Å². The molecular formula is C25H21BrN6O2. The summed E-state index contributed by atoms with van der Waals surface area (Å²) < 4.78 is 8.11. The van der Waals surface area contributed by atoms with Crippen molar-refractivity contribution in [3.63, 3.8) is 0 Å². The number of benzene rings is 2. The lowest BCUT2D eigenvalue weighted by atomic mass is 9.95. The van der Waals surface area contributed by atoms with Crippen LogP contribution in [-0.2, 0) is 4.79 Å². The smallest absolute Gasteiger partial charge is 0.255 e. The molecule has 0 fully saturated rings. The molecule has 2 N–H and O–H groups in total. The van der Waals surface area contributed by atoms with E-state index in [0.717, 1.165) is 15.6 Å². The molecule has 1 unspecified atom stereocenters. The Labute approximate surface area is 204 Å².